The summed E-state index contributed by atoms with van der Waals surface area (Å²) in [6.45, 7) is 5.96. The molecule has 0 fully saturated rings. The van der Waals surface area contributed by atoms with Crippen LogP contribution in [0.4, 0.5) is 0 Å². The van der Waals surface area contributed by atoms with Gasteiger partial charge in [0.2, 0.25) is 0 Å². The minimum absolute atomic E-state index is 0.142. The molecule has 0 radical (unpaired) electrons. The van der Waals surface area contributed by atoms with Gasteiger partial charge in [-0.15, -0.1) is 0 Å². The zero-order valence-electron chi connectivity index (χ0n) is 10.2. The molecule has 0 aliphatic carbocycles. The Morgan fingerprint density at radius 3 is 2.44 bits per heavy atom. The SMILES string of the molecule is CCNCCNCC(OC)c1ccccc1. The quantitative estimate of drug-likeness (QED) is 0.655. The van der Waals surface area contributed by atoms with Gasteiger partial charge in [-0.3, -0.25) is 0 Å². The summed E-state index contributed by atoms with van der Waals surface area (Å²) in [7, 11) is 1.75. The number of methoxy groups -OCH3 is 1. The molecule has 90 valence electrons. The first-order valence-corrected chi connectivity index (χ1v) is 5.87. The number of nitrogens with one attached hydrogen (secondary N) is 2. The number of benzene rings is 1. The van der Waals surface area contributed by atoms with Crippen molar-refractivity contribution >= 4 is 0 Å². The summed E-state index contributed by atoms with van der Waals surface area (Å²) >= 11 is 0. The average Bonchev–Trinajstić information content (AvgIpc) is 2.35. The van der Waals surface area contributed by atoms with Gasteiger partial charge in [-0.05, 0) is 12.1 Å². The molecule has 16 heavy (non-hydrogen) atoms. The third-order valence-electron chi connectivity index (χ3n) is 2.51. The molecule has 2 N–H and O–H groups in total. The number of ether oxygens (including phenoxy) is 1. The number of rotatable bonds is 8. The van der Waals surface area contributed by atoms with E-state index >= 15 is 0 Å². The summed E-state index contributed by atoms with van der Waals surface area (Å²) in [6, 6.07) is 10.3. The van der Waals surface area contributed by atoms with Crippen molar-refractivity contribution in [2.45, 2.75) is 13.0 Å². The fraction of sp³-hybridized carbons (Fsp3) is 0.538. The third-order valence-corrected chi connectivity index (χ3v) is 2.51. The normalized spacial score (nSPS) is 12.6. The van der Waals surface area contributed by atoms with Crippen molar-refractivity contribution in [2.75, 3.05) is 33.3 Å². The summed E-state index contributed by atoms with van der Waals surface area (Å²) in [5.74, 6) is 0. The molecule has 0 spiro atoms. The van der Waals surface area contributed by atoms with E-state index in [0.29, 0.717) is 0 Å². The fourth-order valence-corrected chi connectivity index (χ4v) is 1.59. The molecule has 0 aliphatic heterocycles. The van der Waals surface area contributed by atoms with Crippen LogP contribution >= 0.6 is 0 Å². The Balaban J connectivity index is 2.27. The van der Waals surface area contributed by atoms with Crippen LogP contribution in [0.1, 0.15) is 18.6 Å². The van der Waals surface area contributed by atoms with Gasteiger partial charge >= 0.3 is 0 Å². The van der Waals surface area contributed by atoms with Crippen LogP contribution in [0.2, 0.25) is 0 Å². The summed E-state index contributed by atoms with van der Waals surface area (Å²) in [4.78, 5) is 0. The molecule has 3 heteroatoms. The summed E-state index contributed by atoms with van der Waals surface area (Å²) in [5, 5.41) is 6.66. The number of hydrogen-bond acceptors (Lipinski definition) is 3. The topological polar surface area (TPSA) is 33.3 Å². The van der Waals surface area contributed by atoms with Crippen molar-refractivity contribution in [1.29, 1.82) is 0 Å². The highest BCUT2D eigenvalue weighted by Crippen LogP contribution is 2.14. The van der Waals surface area contributed by atoms with E-state index < -0.39 is 0 Å². The molecule has 3 nitrogen and oxygen atoms in total. The Kier molecular flexibility index (Phi) is 6.81. The molecule has 0 amide bonds. The lowest BCUT2D eigenvalue weighted by Gasteiger charge is -2.16. The first-order valence-electron chi connectivity index (χ1n) is 5.87. The van der Waals surface area contributed by atoms with Gasteiger partial charge in [0, 0.05) is 26.7 Å². The summed E-state index contributed by atoms with van der Waals surface area (Å²) in [5.41, 5.74) is 1.22. The lowest BCUT2D eigenvalue weighted by molar-refractivity contribution is 0.103. The second-order valence-corrected chi connectivity index (χ2v) is 3.69. The molecule has 1 aromatic rings. The Bertz CT molecular complexity index is 264. The predicted molar refractivity (Wildman–Crippen MR) is 67.6 cm³/mol. The second-order valence-electron chi connectivity index (χ2n) is 3.69. The Morgan fingerprint density at radius 2 is 1.81 bits per heavy atom. The average molecular weight is 222 g/mol. The molecule has 0 saturated heterocycles. The highest BCUT2D eigenvalue weighted by atomic mass is 16.5. The van der Waals surface area contributed by atoms with Crippen LogP contribution in [-0.4, -0.2) is 33.3 Å². The first kappa shape index (κ1) is 13.2. The Morgan fingerprint density at radius 1 is 1.12 bits per heavy atom. The Labute approximate surface area is 98.2 Å². The minimum Gasteiger partial charge on any atom is -0.375 e. The van der Waals surface area contributed by atoms with Crippen LogP contribution in [0, 0.1) is 0 Å². The maximum absolute atomic E-state index is 5.46. The van der Waals surface area contributed by atoms with Crippen molar-refractivity contribution in [2.24, 2.45) is 0 Å². The smallest absolute Gasteiger partial charge is 0.0945 e. The van der Waals surface area contributed by atoms with Gasteiger partial charge in [-0.25, -0.2) is 0 Å². The van der Waals surface area contributed by atoms with Crippen molar-refractivity contribution in [1.82, 2.24) is 10.6 Å². The molecule has 1 rings (SSSR count). The molecule has 1 aromatic carbocycles. The van der Waals surface area contributed by atoms with E-state index in [1.165, 1.54) is 5.56 Å². The van der Waals surface area contributed by atoms with Crippen LogP contribution in [0.25, 0.3) is 0 Å². The van der Waals surface area contributed by atoms with Crippen molar-refractivity contribution in [3.63, 3.8) is 0 Å². The molecule has 0 saturated carbocycles. The predicted octanol–water partition coefficient (Wildman–Crippen LogP) is 1.57. The second kappa shape index (κ2) is 8.28. The third kappa shape index (κ3) is 4.75. The van der Waals surface area contributed by atoms with E-state index in [1.807, 2.05) is 18.2 Å². The molecular weight excluding hydrogens is 200 g/mol. The van der Waals surface area contributed by atoms with Crippen LogP contribution in [-0.2, 0) is 4.74 Å². The van der Waals surface area contributed by atoms with Crippen molar-refractivity contribution in [3.05, 3.63) is 35.9 Å². The molecule has 0 bridgehead atoms. The molecule has 1 unspecified atom stereocenters. The van der Waals surface area contributed by atoms with Crippen LogP contribution in [0.3, 0.4) is 0 Å². The van der Waals surface area contributed by atoms with Gasteiger partial charge in [0.05, 0.1) is 6.10 Å². The summed E-state index contributed by atoms with van der Waals surface area (Å²) in [6.07, 6.45) is 0.142. The van der Waals surface area contributed by atoms with E-state index in [9.17, 15) is 0 Å². The molecular formula is C13H22N2O. The maximum atomic E-state index is 5.46. The largest absolute Gasteiger partial charge is 0.375 e. The fourth-order valence-electron chi connectivity index (χ4n) is 1.59. The van der Waals surface area contributed by atoms with Gasteiger partial charge in [0.25, 0.3) is 0 Å². The van der Waals surface area contributed by atoms with Crippen LogP contribution in [0.5, 0.6) is 0 Å². The van der Waals surface area contributed by atoms with Gasteiger partial charge in [-0.1, -0.05) is 37.3 Å². The minimum atomic E-state index is 0.142. The van der Waals surface area contributed by atoms with Gasteiger partial charge in [0.15, 0.2) is 0 Å². The van der Waals surface area contributed by atoms with Crippen LogP contribution in [0.15, 0.2) is 30.3 Å². The lowest BCUT2D eigenvalue weighted by Crippen LogP contribution is -2.30. The molecule has 1 atom stereocenters. The van der Waals surface area contributed by atoms with E-state index in [-0.39, 0.29) is 6.10 Å². The molecule has 0 aliphatic rings. The standard InChI is InChI=1S/C13H22N2O/c1-3-14-9-10-15-11-13(16-2)12-7-5-4-6-8-12/h4-8,13-15H,3,9-11H2,1-2H3. The molecule has 0 aromatic heterocycles. The highest BCUT2D eigenvalue weighted by Gasteiger charge is 2.08. The zero-order valence-corrected chi connectivity index (χ0v) is 10.2. The number of hydrogen-bond donors (Lipinski definition) is 2. The van der Waals surface area contributed by atoms with Gasteiger partial charge in [0.1, 0.15) is 0 Å². The van der Waals surface area contributed by atoms with Crippen LogP contribution < -0.4 is 10.6 Å². The van der Waals surface area contributed by atoms with Crippen molar-refractivity contribution < 1.29 is 4.74 Å². The first-order chi connectivity index (χ1) is 7.88. The van der Waals surface area contributed by atoms with Gasteiger partial charge < -0.3 is 15.4 Å². The Hall–Kier alpha value is -0.900. The summed E-state index contributed by atoms with van der Waals surface area (Å²) < 4.78 is 5.46. The monoisotopic (exact) mass is 222 g/mol. The zero-order chi connectivity index (χ0) is 11.6. The number of likely N-dealkylation sites (N-methyl/N-ethyl adjacent to an activating group) is 1. The highest BCUT2D eigenvalue weighted by molar-refractivity contribution is 5.17. The maximum Gasteiger partial charge on any atom is 0.0945 e. The lowest BCUT2D eigenvalue weighted by atomic mass is 10.1. The van der Waals surface area contributed by atoms with Gasteiger partial charge in [-0.2, -0.15) is 0 Å². The van der Waals surface area contributed by atoms with E-state index in [4.69, 9.17) is 4.74 Å². The van der Waals surface area contributed by atoms with E-state index in [0.717, 1.165) is 26.2 Å². The molecule has 0 heterocycles. The van der Waals surface area contributed by atoms with E-state index in [2.05, 4.69) is 29.7 Å². The van der Waals surface area contributed by atoms with Crippen molar-refractivity contribution in [3.8, 4) is 0 Å². The van der Waals surface area contributed by atoms with E-state index in [1.54, 1.807) is 7.11 Å².